The molecule has 1 fully saturated rings. The van der Waals surface area contributed by atoms with Gasteiger partial charge in [0.25, 0.3) is 10.1 Å². The molecule has 1 aliphatic carbocycles. The summed E-state index contributed by atoms with van der Waals surface area (Å²) in [6.45, 7) is 5.84. The lowest BCUT2D eigenvalue weighted by Gasteiger charge is -2.38. The minimum atomic E-state index is -4.14. The summed E-state index contributed by atoms with van der Waals surface area (Å²) in [6.07, 6.45) is 3.70. The molecule has 1 aliphatic heterocycles. The monoisotopic (exact) mass is 565 g/mol. The van der Waals surface area contributed by atoms with Gasteiger partial charge in [0.1, 0.15) is 12.1 Å². The van der Waals surface area contributed by atoms with Crippen molar-refractivity contribution in [3.63, 3.8) is 0 Å². The molecule has 38 heavy (non-hydrogen) atoms. The van der Waals surface area contributed by atoms with E-state index in [9.17, 15) is 17.8 Å². The van der Waals surface area contributed by atoms with Crippen LogP contribution in [-0.2, 0) is 26.1 Å². The number of carbonyl (C=O) groups excluding carboxylic acids is 1. The van der Waals surface area contributed by atoms with E-state index in [4.69, 9.17) is 16.3 Å². The number of aryl methyl sites for hydroxylation is 1. The molecule has 2 aliphatic rings. The Hall–Kier alpha value is -2.31. The number of ether oxygens (including phenoxy) is 1. The predicted molar refractivity (Wildman–Crippen MR) is 146 cm³/mol. The van der Waals surface area contributed by atoms with Crippen molar-refractivity contribution in [2.45, 2.75) is 31.6 Å². The molecule has 2 unspecified atom stereocenters. The van der Waals surface area contributed by atoms with E-state index in [1.165, 1.54) is 5.56 Å². The molecule has 1 amide bonds. The molecule has 0 bridgehead atoms. The first kappa shape index (κ1) is 28.7. The third-order valence-corrected chi connectivity index (χ3v) is 8.38. The van der Waals surface area contributed by atoms with Crippen molar-refractivity contribution in [2.75, 3.05) is 70.2 Å². The maximum atomic E-state index is 13.9. The van der Waals surface area contributed by atoms with Crippen LogP contribution in [0.15, 0.2) is 30.6 Å². The van der Waals surface area contributed by atoms with Crippen LogP contribution in [0.25, 0.3) is 0 Å². The van der Waals surface area contributed by atoms with Gasteiger partial charge in [0.05, 0.1) is 18.3 Å². The number of amides is 1. The Morgan fingerprint density at radius 2 is 1.89 bits per heavy atom. The average Bonchev–Trinajstić information content (AvgIpc) is 3.29. The zero-order chi connectivity index (χ0) is 27.3. The summed E-state index contributed by atoms with van der Waals surface area (Å²) in [5, 5.41) is 0.572. The standard InChI is InChI=1S/C26H36ClN5O5S/c1-19-3-8-23-24(19)25(29-18-28-23)31-9-11-32(12-10-31)26(33)22(20-4-6-21(27)7-5-20)17-30(13-15-37-2)14-16-38(34,35)36/h4-7,18-19,22H,3,8-17H2,1-2H3,(H,34,35,36). The van der Waals surface area contributed by atoms with E-state index >= 15 is 0 Å². The molecule has 2 atom stereocenters. The van der Waals surface area contributed by atoms with E-state index in [-0.39, 0.29) is 19.0 Å². The zero-order valence-corrected chi connectivity index (χ0v) is 23.5. The predicted octanol–water partition coefficient (Wildman–Crippen LogP) is 2.45. The van der Waals surface area contributed by atoms with Crippen molar-refractivity contribution in [3.8, 4) is 0 Å². The van der Waals surface area contributed by atoms with E-state index in [0.717, 1.165) is 29.9 Å². The highest BCUT2D eigenvalue weighted by Crippen LogP contribution is 2.37. The summed E-state index contributed by atoms with van der Waals surface area (Å²) in [5.41, 5.74) is 3.17. The quantitative estimate of drug-likeness (QED) is 0.410. The number of benzene rings is 1. The van der Waals surface area contributed by atoms with Gasteiger partial charge in [-0.15, -0.1) is 0 Å². The number of rotatable bonds is 11. The third-order valence-electron chi connectivity index (χ3n) is 7.43. The number of aromatic nitrogens is 2. The van der Waals surface area contributed by atoms with E-state index in [2.05, 4.69) is 21.8 Å². The minimum absolute atomic E-state index is 0.0254. The van der Waals surface area contributed by atoms with Crippen LogP contribution < -0.4 is 4.90 Å². The third kappa shape index (κ3) is 7.20. The summed E-state index contributed by atoms with van der Waals surface area (Å²) < 4.78 is 37.3. The number of carbonyl (C=O) groups is 1. The molecule has 1 N–H and O–H groups in total. The van der Waals surface area contributed by atoms with Crippen LogP contribution in [0.2, 0.25) is 5.02 Å². The van der Waals surface area contributed by atoms with Gasteiger partial charge in [-0.2, -0.15) is 8.42 Å². The molecule has 0 saturated carbocycles. The van der Waals surface area contributed by atoms with Crippen LogP contribution in [0.4, 0.5) is 5.82 Å². The smallest absolute Gasteiger partial charge is 0.266 e. The van der Waals surface area contributed by atoms with E-state index in [1.54, 1.807) is 25.6 Å². The van der Waals surface area contributed by atoms with Gasteiger partial charge in [-0.25, -0.2) is 9.97 Å². The molecular formula is C26H36ClN5O5S. The Labute approximate surface area is 229 Å². The summed E-state index contributed by atoms with van der Waals surface area (Å²) in [6, 6.07) is 7.18. The van der Waals surface area contributed by atoms with Gasteiger partial charge in [0.2, 0.25) is 5.91 Å². The second-order valence-corrected chi connectivity index (χ2v) is 12.0. The highest BCUT2D eigenvalue weighted by molar-refractivity contribution is 7.85. The van der Waals surface area contributed by atoms with Gasteiger partial charge in [-0.1, -0.05) is 30.7 Å². The largest absolute Gasteiger partial charge is 0.383 e. The number of halogens is 1. The first-order valence-corrected chi connectivity index (χ1v) is 14.9. The van der Waals surface area contributed by atoms with Crippen molar-refractivity contribution >= 4 is 33.4 Å². The van der Waals surface area contributed by atoms with Gasteiger partial charge in [0, 0.05) is 69.2 Å². The molecule has 2 heterocycles. The van der Waals surface area contributed by atoms with Crippen LogP contribution in [0.1, 0.15) is 42.0 Å². The number of hydrogen-bond donors (Lipinski definition) is 1. The summed E-state index contributed by atoms with van der Waals surface area (Å²) in [7, 11) is -2.58. The average molecular weight is 566 g/mol. The number of fused-ring (bicyclic) bond motifs is 1. The fourth-order valence-electron chi connectivity index (χ4n) is 5.27. The lowest BCUT2D eigenvalue weighted by Crippen LogP contribution is -2.51. The van der Waals surface area contributed by atoms with Crippen molar-refractivity contribution in [1.82, 2.24) is 19.8 Å². The number of anilines is 1. The molecular weight excluding hydrogens is 530 g/mol. The summed E-state index contributed by atoms with van der Waals surface area (Å²) >= 11 is 6.11. The van der Waals surface area contributed by atoms with Gasteiger partial charge < -0.3 is 14.5 Å². The number of methoxy groups -OCH3 is 1. The Kier molecular flexibility index (Phi) is 9.59. The SMILES string of the molecule is COCCN(CCS(=O)(=O)O)CC(C(=O)N1CCN(c2ncnc3c2C(C)CC3)CC1)c1ccc(Cl)cc1. The number of piperazine rings is 1. The lowest BCUT2D eigenvalue weighted by atomic mass is 9.96. The second-order valence-electron chi connectivity index (χ2n) is 9.99. The summed E-state index contributed by atoms with van der Waals surface area (Å²) in [5.74, 6) is 0.440. The van der Waals surface area contributed by atoms with Gasteiger partial charge in [0.15, 0.2) is 0 Å². The van der Waals surface area contributed by atoms with Crippen LogP contribution in [0.3, 0.4) is 0 Å². The first-order valence-electron chi connectivity index (χ1n) is 13.0. The molecule has 0 spiro atoms. The van der Waals surface area contributed by atoms with E-state index in [1.807, 2.05) is 21.9 Å². The highest BCUT2D eigenvalue weighted by Gasteiger charge is 2.33. The molecule has 1 aromatic heterocycles. The van der Waals surface area contributed by atoms with Crippen molar-refractivity contribution in [1.29, 1.82) is 0 Å². The normalized spacial score (nSPS) is 18.6. The van der Waals surface area contributed by atoms with Crippen molar-refractivity contribution in [3.05, 3.63) is 52.4 Å². The lowest BCUT2D eigenvalue weighted by molar-refractivity contribution is -0.133. The molecule has 1 aromatic carbocycles. The Balaban J connectivity index is 1.49. The van der Waals surface area contributed by atoms with Crippen LogP contribution in [0, 0.1) is 0 Å². The summed E-state index contributed by atoms with van der Waals surface area (Å²) in [4.78, 5) is 28.9. The zero-order valence-electron chi connectivity index (χ0n) is 21.9. The first-order chi connectivity index (χ1) is 18.2. The fraction of sp³-hybridized carbons (Fsp3) is 0.577. The number of hydrogen-bond acceptors (Lipinski definition) is 8. The highest BCUT2D eigenvalue weighted by atomic mass is 35.5. The molecule has 1 saturated heterocycles. The Bertz CT molecular complexity index is 1210. The molecule has 0 radical (unpaired) electrons. The maximum absolute atomic E-state index is 13.9. The van der Waals surface area contributed by atoms with Gasteiger partial charge in [-0.05, 0) is 36.5 Å². The van der Waals surface area contributed by atoms with Crippen molar-refractivity contribution < 1.29 is 22.5 Å². The Morgan fingerprint density at radius 1 is 1.18 bits per heavy atom. The molecule has 208 valence electrons. The topological polar surface area (TPSA) is 116 Å². The van der Waals surface area contributed by atoms with E-state index < -0.39 is 21.8 Å². The van der Waals surface area contributed by atoms with Gasteiger partial charge >= 0.3 is 0 Å². The fourth-order valence-corrected chi connectivity index (χ4v) is 5.89. The van der Waals surface area contributed by atoms with Gasteiger partial charge in [-0.3, -0.25) is 14.2 Å². The maximum Gasteiger partial charge on any atom is 0.266 e. The van der Waals surface area contributed by atoms with Crippen LogP contribution in [0.5, 0.6) is 0 Å². The number of nitrogens with zero attached hydrogens (tertiary/aromatic N) is 5. The minimum Gasteiger partial charge on any atom is -0.383 e. The van der Waals surface area contributed by atoms with Crippen LogP contribution in [-0.4, -0.2) is 104 Å². The molecule has 10 nitrogen and oxygen atoms in total. The second kappa shape index (κ2) is 12.7. The molecule has 12 heteroatoms. The molecule has 4 rings (SSSR count). The van der Waals surface area contributed by atoms with Crippen molar-refractivity contribution in [2.24, 2.45) is 0 Å². The molecule has 2 aromatic rings. The van der Waals surface area contributed by atoms with Crippen LogP contribution >= 0.6 is 11.6 Å². The Morgan fingerprint density at radius 3 is 2.55 bits per heavy atom. The van der Waals surface area contributed by atoms with E-state index in [0.29, 0.717) is 50.3 Å².